The molecule has 0 aliphatic rings. The van der Waals surface area contributed by atoms with Crippen molar-refractivity contribution in [2.24, 2.45) is 0 Å². The highest BCUT2D eigenvalue weighted by Crippen LogP contribution is 2.27. The summed E-state index contributed by atoms with van der Waals surface area (Å²) in [6, 6.07) is 17.2. The topological polar surface area (TPSA) is 84.5 Å². The molecule has 3 rings (SSSR count). The van der Waals surface area contributed by atoms with Crippen molar-refractivity contribution in [3.05, 3.63) is 87.9 Å². The zero-order chi connectivity index (χ0) is 23.3. The first kappa shape index (κ1) is 24.1. The zero-order valence-electron chi connectivity index (χ0n) is 17.4. The van der Waals surface area contributed by atoms with Gasteiger partial charge in [0, 0.05) is 10.7 Å². The summed E-state index contributed by atoms with van der Waals surface area (Å²) in [7, 11) is -2.62. The van der Waals surface area contributed by atoms with Crippen LogP contribution in [0.5, 0.6) is 5.75 Å². The molecule has 0 radical (unpaired) electrons. The van der Waals surface area contributed by atoms with Crippen molar-refractivity contribution in [1.29, 1.82) is 0 Å². The molecule has 1 atom stereocenters. The van der Waals surface area contributed by atoms with Gasteiger partial charge in [-0.25, -0.2) is 8.42 Å². The van der Waals surface area contributed by atoms with E-state index in [9.17, 15) is 13.2 Å². The van der Waals surface area contributed by atoms with E-state index in [0.717, 1.165) is 11.1 Å². The van der Waals surface area contributed by atoms with Crippen LogP contribution in [0.25, 0.3) is 0 Å². The summed E-state index contributed by atoms with van der Waals surface area (Å²) in [5.41, 5.74) is 2.11. The van der Waals surface area contributed by atoms with Crippen molar-refractivity contribution in [3.63, 3.8) is 0 Å². The molecule has 0 saturated carbocycles. The van der Waals surface area contributed by atoms with E-state index in [1.54, 1.807) is 25.1 Å². The minimum absolute atomic E-state index is 0.0724. The maximum absolute atomic E-state index is 13.1. The van der Waals surface area contributed by atoms with Gasteiger partial charge in [-0.05, 0) is 60.9 Å². The van der Waals surface area contributed by atoms with Crippen molar-refractivity contribution < 1.29 is 17.9 Å². The molecule has 0 aromatic heterocycles. The molecule has 3 aromatic rings. The van der Waals surface area contributed by atoms with Gasteiger partial charge in [0.1, 0.15) is 11.8 Å². The van der Waals surface area contributed by atoms with Crippen LogP contribution in [0.2, 0.25) is 10.0 Å². The summed E-state index contributed by atoms with van der Waals surface area (Å²) in [6.07, 6.45) is 0.155. The van der Waals surface area contributed by atoms with Gasteiger partial charge in [-0.2, -0.15) is 4.72 Å². The van der Waals surface area contributed by atoms with Crippen LogP contribution >= 0.6 is 23.2 Å². The summed E-state index contributed by atoms with van der Waals surface area (Å²) in [5.74, 6) is -0.148. The van der Waals surface area contributed by atoms with Crippen LogP contribution in [0, 0.1) is 6.92 Å². The first-order valence-electron chi connectivity index (χ1n) is 9.66. The molecule has 2 N–H and O–H groups in total. The van der Waals surface area contributed by atoms with E-state index in [0.29, 0.717) is 16.5 Å². The Labute approximate surface area is 197 Å². The van der Waals surface area contributed by atoms with Gasteiger partial charge in [0.25, 0.3) is 0 Å². The summed E-state index contributed by atoms with van der Waals surface area (Å²) in [5, 5.41) is 3.48. The largest absolute Gasteiger partial charge is 0.495 e. The Kier molecular flexibility index (Phi) is 7.79. The molecule has 0 saturated heterocycles. The summed E-state index contributed by atoms with van der Waals surface area (Å²) >= 11 is 12.1. The molecular formula is C23H22Cl2N2O4S. The lowest BCUT2D eigenvalue weighted by Gasteiger charge is -2.20. The molecule has 168 valence electrons. The first-order valence-corrected chi connectivity index (χ1v) is 11.9. The van der Waals surface area contributed by atoms with Crippen LogP contribution in [0.3, 0.4) is 0 Å². The number of carbonyl (C=O) groups is 1. The van der Waals surface area contributed by atoms with Gasteiger partial charge >= 0.3 is 0 Å². The molecule has 1 amide bonds. The van der Waals surface area contributed by atoms with Gasteiger partial charge in [0.2, 0.25) is 15.9 Å². The number of benzene rings is 3. The summed E-state index contributed by atoms with van der Waals surface area (Å²) < 4.78 is 33.7. The number of nitrogens with one attached hydrogen (secondary N) is 2. The number of sulfonamides is 1. The van der Waals surface area contributed by atoms with Crippen molar-refractivity contribution in [2.45, 2.75) is 24.3 Å². The Bertz CT molecular complexity index is 1220. The lowest BCUT2D eigenvalue weighted by molar-refractivity contribution is -0.117. The molecule has 0 aliphatic carbocycles. The predicted octanol–water partition coefficient (Wildman–Crippen LogP) is 4.84. The fourth-order valence-corrected chi connectivity index (χ4v) is 4.86. The van der Waals surface area contributed by atoms with Gasteiger partial charge < -0.3 is 10.1 Å². The Balaban J connectivity index is 1.89. The van der Waals surface area contributed by atoms with E-state index >= 15 is 0 Å². The molecule has 32 heavy (non-hydrogen) atoms. The second kappa shape index (κ2) is 10.4. The average Bonchev–Trinajstić information content (AvgIpc) is 2.75. The van der Waals surface area contributed by atoms with E-state index in [1.165, 1.54) is 25.3 Å². The second-order valence-corrected chi connectivity index (χ2v) is 9.67. The Hall–Kier alpha value is -2.58. The molecule has 1 unspecified atom stereocenters. The third-order valence-electron chi connectivity index (χ3n) is 4.78. The third kappa shape index (κ3) is 6.01. The van der Waals surface area contributed by atoms with Gasteiger partial charge in [-0.3, -0.25) is 4.79 Å². The molecule has 6 nitrogen and oxygen atoms in total. The molecular weight excluding hydrogens is 471 g/mol. The van der Waals surface area contributed by atoms with Crippen molar-refractivity contribution in [2.75, 3.05) is 12.4 Å². The molecule has 0 bridgehead atoms. The standard InChI is InChI=1S/C23H22Cl2N2O4S/c1-15-12-17(24)8-10-20(15)26-23(28)21(13-16-6-4-3-5-7-16)27-32(29,30)18-9-11-22(31-2)19(25)14-18/h3-12,14,21,27H,13H2,1-2H3,(H,26,28). The maximum atomic E-state index is 13.1. The SMILES string of the molecule is COc1ccc(S(=O)(=O)NC(Cc2ccccc2)C(=O)Nc2ccc(Cl)cc2C)cc1Cl. The first-order chi connectivity index (χ1) is 15.2. The van der Waals surface area contributed by atoms with Crippen LogP contribution in [-0.4, -0.2) is 27.5 Å². The number of ether oxygens (including phenoxy) is 1. The van der Waals surface area contributed by atoms with Gasteiger partial charge in [0.15, 0.2) is 0 Å². The lowest BCUT2D eigenvalue weighted by Crippen LogP contribution is -2.45. The number of carbonyl (C=O) groups excluding carboxylic acids is 1. The molecule has 0 spiro atoms. The van der Waals surface area contributed by atoms with Crippen LogP contribution in [-0.2, 0) is 21.2 Å². The van der Waals surface area contributed by atoms with E-state index in [2.05, 4.69) is 10.0 Å². The minimum atomic E-state index is -4.05. The number of aryl methyl sites for hydroxylation is 1. The van der Waals surface area contributed by atoms with Crippen molar-refractivity contribution >= 4 is 44.8 Å². The van der Waals surface area contributed by atoms with Crippen LogP contribution < -0.4 is 14.8 Å². The number of hydrogen-bond donors (Lipinski definition) is 2. The fourth-order valence-electron chi connectivity index (χ4n) is 3.09. The lowest BCUT2D eigenvalue weighted by atomic mass is 10.1. The van der Waals surface area contributed by atoms with Crippen LogP contribution in [0.1, 0.15) is 11.1 Å². The average molecular weight is 493 g/mol. The second-order valence-electron chi connectivity index (χ2n) is 7.11. The molecule has 0 heterocycles. The van der Waals surface area contributed by atoms with Crippen molar-refractivity contribution in [1.82, 2.24) is 4.72 Å². The molecule has 0 aliphatic heterocycles. The Morgan fingerprint density at radius 2 is 1.75 bits per heavy atom. The number of anilines is 1. The van der Waals surface area contributed by atoms with Gasteiger partial charge in [-0.1, -0.05) is 53.5 Å². The quantitative estimate of drug-likeness (QED) is 0.471. The highest BCUT2D eigenvalue weighted by atomic mass is 35.5. The number of halogens is 2. The van der Waals surface area contributed by atoms with Gasteiger partial charge in [-0.15, -0.1) is 0 Å². The third-order valence-corrected chi connectivity index (χ3v) is 6.78. The highest BCUT2D eigenvalue weighted by Gasteiger charge is 2.27. The smallest absolute Gasteiger partial charge is 0.242 e. The summed E-state index contributed by atoms with van der Waals surface area (Å²) in [6.45, 7) is 1.80. The molecule has 0 fully saturated rings. The number of rotatable bonds is 8. The van der Waals surface area contributed by atoms with E-state index in [4.69, 9.17) is 27.9 Å². The molecule has 9 heteroatoms. The predicted molar refractivity (Wildman–Crippen MR) is 127 cm³/mol. The number of amides is 1. The number of methoxy groups -OCH3 is 1. The summed E-state index contributed by atoms with van der Waals surface area (Å²) in [4.78, 5) is 13.0. The normalized spacial score (nSPS) is 12.2. The Morgan fingerprint density at radius 3 is 2.38 bits per heavy atom. The maximum Gasteiger partial charge on any atom is 0.242 e. The van der Waals surface area contributed by atoms with Crippen LogP contribution in [0.4, 0.5) is 5.69 Å². The molecule has 3 aromatic carbocycles. The van der Waals surface area contributed by atoms with E-state index < -0.39 is 22.0 Å². The highest BCUT2D eigenvalue weighted by molar-refractivity contribution is 7.89. The van der Waals surface area contributed by atoms with Gasteiger partial charge in [0.05, 0.1) is 17.0 Å². The fraction of sp³-hybridized carbons (Fsp3) is 0.174. The van der Waals surface area contributed by atoms with E-state index in [1.807, 2.05) is 30.3 Å². The zero-order valence-corrected chi connectivity index (χ0v) is 19.8. The minimum Gasteiger partial charge on any atom is -0.495 e. The monoisotopic (exact) mass is 492 g/mol. The Morgan fingerprint density at radius 1 is 1.03 bits per heavy atom. The van der Waals surface area contributed by atoms with Crippen molar-refractivity contribution in [3.8, 4) is 5.75 Å². The number of hydrogen-bond acceptors (Lipinski definition) is 4. The van der Waals surface area contributed by atoms with Crippen LogP contribution in [0.15, 0.2) is 71.6 Å². The van der Waals surface area contributed by atoms with E-state index in [-0.39, 0.29) is 16.3 Å².